The van der Waals surface area contributed by atoms with Gasteiger partial charge in [-0.3, -0.25) is 4.90 Å². The van der Waals surface area contributed by atoms with Crippen molar-refractivity contribution in [2.75, 3.05) is 13.1 Å². The highest BCUT2D eigenvalue weighted by molar-refractivity contribution is 4.90. The summed E-state index contributed by atoms with van der Waals surface area (Å²) < 4.78 is 0. The van der Waals surface area contributed by atoms with Gasteiger partial charge in [-0.05, 0) is 45.2 Å². The van der Waals surface area contributed by atoms with E-state index in [1.165, 1.54) is 58.0 Å². The van der Waals surface area contributed by atoms with Gasteiger partial charge >= 0.3 is 0 Å². The molecule has 0 aliphatic carbocycles. The van der Waals surface area contributed by atoms with Crippen molar-refractivity contribution in [1.82, 2.24) is 4.90 Å². The van der Waals surface area contributed by atoms with Crippen LogP contribution in [0.25, 0.3) is 0 Å². The lowest BCUT2D eigenvalue weighted by Gasteiger charge is -2.41. The second-order valence-corrected chi connectivity index (χ2v) is 4.73. The standard InChI is InChI=1S/C13H27N/c1-4-7-10-13(5-2,6-3)14-11-8-9-12-14/h4-12H2,1-3H3. The van der Waals surface area contributed by atoms with Crippen molar-refractivity contribution >= 4 is 0 Å². The fourth-order valence-electron chi connectivity index (χ4n) is 2.91. The minimum Gasteiger partial charge on any atom is -0.298 e. The normalized spacial score (nSPS) is 19.1. The van der Waals surface area contributed by atoms with E-state index in [2.05, 4.69) is 25.7 Å². The van der Waals surface area contributed by atoms with Crippen LogP contribution in [0, 0.1) is 0 Å². The maximum Gasteiger partial charge on any atom is 0.0204 e. The third kappa shape index (κ3) is 2.50. The van der Waals surface area contributed by atoms with Crippen LogP contribution in [0.1, 0.15) is 65.7 Å². The van der Waals surface area contributed by atoms with Gasteiger partial charge in [0.25, 0.3) is 0 Å². The van der Waals surface area contributed by atoms with Crippen molar-refractivity contribution in [2.45, 2.75) is 71.3 Å². The molecule has 0 aromatic carbocycles. The zero-order chi connectivity index (χ0) is 10.4. The zero-order valence-corrected chi connectivity index (χ0v) is 10.3. The Morgan fingerprint density at radius 2 is 1.57 bits per heavy atom. The Bertz CT molecular complexity index is 143. The molecule has 0 amide bonds. The van der Waals surface area contributed by atoms with Gasteiger partial charge < -0.3 is 0 Å². The first-order valence-corrected chi connectivity index (χ1v) is 6.54. The summed E-state index contributed by atoms with van der Waals surface area (Å²) in [4.78, 5) is 2.77. The molecule has 84 valence electrons. The van der Waals surface area contributed by atoms with Crippen molar-refractivity contribution in [1.29, 1.82) is 0 Å². The van der Waals surface area contributed by atoms with Crippen LogP contribution in [0.4, 0.5) is 0 Å². The van der Waals surface area contributed by atoms with Crippen LogP contribution >= 0.6 is 0 Å². The van der Waals surface area contributed by atoms with Crippen molar-refractivity contribution in [3.05, 3.63) is 0 Å². The van der Waals surface area contributed by atoms with Crippen LogP contribution in [0.2, 0.25) is 0 Å². The molecule has 1 fully saturated rings. The van der Waals surface area contributed by atoms with E-state index in [0.717, 1.165) is 0 Å². The van der Waals surface area contributed by atoms with Gasteiger partial charge in [-0.1, -0.05) is 33.6 Å². The van der Waals surface area contributed by atoms with E-state index >= 15 is 0 Å². The van der Waals surface area contributed by atoms with Gasteiger partial charge in [-0.15, -0.1) is 0 Å². The first-order chi connectivity index (χ1) is 6.79. The van der Waals surface area contributed by atoms with Gasteiger partial charge in [-0.2, -0.15) is 0 Å². The molecule has 14 heavy (non-hydrogen) atoms. The molecule has 0 bridgehead atoms. The Morgan fingerprint density at radius 3 is 2.00 bits per heavy atom. The molecule has 1 saturated heterocycles. The van der Waals surface area contributed by atoms with E-state index in [1.54, 1.807) is 0 Å². The van der Waals surface area contributed by atoms with Crippen LogP contribution < -0.4 is 0 Å². The average Bonchev–Trinajstić information content (AvgIpc) is 2.74. The average molecular weight is 197 g/mol. The molecule has 0 aromatic rings. The Kier molecular flexibility index (Phi) is 4.94. The zero-order valence-electron chi connectivity index (χ0n) is 10.3. The predicted octanol–water partition coefficient (Wildman–Crippen LogP) is 3.83. The Balaban J connectivity index is 2.57. The van der Waals surface area contributed by atoms with Crippen LogP contribution in [0.5, 0.6) is 0 Å². The van der Waals surface area contributed by atoms with Crippen molar-refractivity contribution < 1.29 is 0 Å². The minimum atomic E-state index is 0.548. The quantitative estimate of drug-likeness (QED) is 0.625. The highest BCUT2D eigenvalue weighted by Crippen LogP contribution is 2.32. The summed E-state index contributed by atoms with van der Waals surface area (Å²) in [6.07, 6.45) is 9.68. The van der Waals surface area contributed by atoms with Crippen LogP contribution in [-0.4, -0.2) is 23.5 Å². The van der Waals surface area contributed by atoms with E-state index in [9.17, 15) is 0 Å². The molecule has 0 radical (unpaired) electrons. The molecule has 0 unspecified atom stereocenters. The fraction of sp³-hybridized carbons (Fsp3) is 1.00. The first-order valence-electron chi connectivity index (χ1n) is 6.54. The minimum absolute atomic E-state index is 0.548. The molecule has 1 heteroatoms. The second-order valence-electron chi connectivity index (χ2n) is 4.73. The molecule has 0 spiro atoms. The highest BCUT2D eigenvalue weighted by Gasteiger charge is 2.33. The number of unbranched alkanes of at least 4 members (excludes halogenated alkanes) is 1. The molecule has 1 nitrogen and oxygen atoms in total. The van der Waals surface area contributed by atoms with Crippen molar-refractivity contribution in [3.8, 4) is 0 Å². The Labute approximate surface area is 89.9 Å². The number of nitrogens with zero attached hydrogens (tertiary/aromatic N) is 1. The Morgan fingerprint density at radius 1 is 1.00 bits per heavy atom. The van der Waals surface area contributed by atoms with Crippen molar-refractivity contribution in [3.63, 3.8) is 0 Å². The topological polar surface area (TPSA) is 3.24 Å². The molecule has 1 rings (SSSR count). The Hall–Kier alpha value is -0.0400. The number of likely N-dealkylation sites (tertiary alicyclic amines) is 1. The smallest absolute Gasteiger partial charge is 0.0204 e. The van der Waals surface area contributed by atoms with E-state index in [4.69, 9.17) is 0 Å². The second kappa shape index (κ2) is 5.75. The third-order valence-electron chi connectivity index (χ3n) is 4.09. The summed E-state index contributed by atoms with van der Waals surface area (Å²) in [5, 5.41) is 0. The molecule has 1 aliphatic rings. The SMILES string of the molecule is CCCCC(CC)(CC)N1CCCC1. The first kappa shape index (κ1) is 12.0. The number of hydrogen-bond acceptors (Lipinski definition) is 1. The third-order valence-corrected chi connectivity index (χ3v) is 4.09. The van der Waals surface area contributed by atoms with Gasteiger partial charge in [-0.25, -0.2) is 0 Å². The summed E-state index contributed by atoms with van der Waals surface area (Å²) in [7, 11) is 0. The van der Waals surface area contributed by atoms with Crippen LogP contribution in [-0.2, 0) is 0 Å². The van der Waals surface area contributed by atoms with Gasteiger partial charge in [0, 0.05) is 5.54 Å². The van der Waals surface area contributed by atoms with E-state index in [1.807, 2.05) is 0 Å². The van der Waals surface area contributed by atoms with Gasteiger partial charge in [0.2, 0.25) is 0 Å². The molecule has 0 aromatic heterocycles. The maximum atomic E-state index is 2.77. The lowest BCUT2D eigenvalue weighted by molar-refractivity contribution is 0.0931. The largest absolute Gasteiger partial charge is 0.298 e. The molecule has 1 aliphatic heterocycles. The molecular weight excluding hydrogens is 170 g/mol. The van der Waals surface area contributed by atoms with Gasteiger partial charge in [0.15, 0.2) is 0 Å². The van der Waals surface area contributed by atoms with E-state index < -0.39 is 0 Å². The van der Waals surface area contributed by atoms with Crippen molar-refractivity contribution in [2.24, 2.45) is 0 Å². The molecule has 1 heterocycles. The highest BCUT2D eigenvalue weighted by atomic mass is 15.2. The predicted molar refractivity (Wildman–Crippen MR) is 63.6 cm³/mol. The van der Waals surface area contributed by atoms with Gasteiger partial charge in [0.05, 0.1) is 0 Å². The lowest BCUT2D eigenvalue weighted by Crippen LogP contribution is -2.46. The lowest BCUT2D eigenvalue weighted by atomic mass is 9.85. The van der Waals surface area contributed by atoms with Crippen LogP contribution in [0.3, 0.4) is 0 Å². The fourth-order valence-corrected chi connectivity index (χ4v) is 2.91. The summed E-state index contributed by atoms with van der Waals surface area (Å²) in [6, 6.07) is 0. The summed E-state index contributed by atoms with van der Waals surface area (Å²) >= 11 is 0. The monoisotopic (exact) mass is 197 g/mol. The molecule has 0 saturated carbocycles. The van der Waals surface area contributed by atoms with E-state index in [-0.39, 0.29) is 0 Å². The maximum absolute atomic E-state index is 2.77. The molecule has 0 N–H and O–H groups in total. The summed E-state index contributed by atoms with van der Waals surface area (Å²) in [5.41, 5.74) is 0.548. The molecular formula is C13H27N. The van der Waals surface area contributed by atoms with Gasteiger partial charge in [0.1, 0.15) is 0 Å². The summed E-state index contributed by atoms with van der Waals surface area (Å²) in [5.74, 6) is 0. The summed E-state index contributed by atoms with van der Waals surface area (Å²) in [6.45, 7) is 9.76. The van der Waals surface area contributed by atoms with Crippen LogP contribution in [0.15, 0.2) is 0 Å². The number of rotatable bonds is 6. The molecule has 0 atom stereocenters. The van der Waals surface area contributed by atoms with E-state index in [0.29, 0.717) is 5.54 Å². The number of hydrogen-bond donors (Lipinski definition) is 0.